The van der Waals surface area contributed by atoms with Gasteiger partial charge in [0.05, 0.1) is 25.4 Å². The summed E-state index contributed by atoms with van der Waals surface area (Å²) in [6, 6.07) is -0.804. The van der Waals surface area contributed by atoms with E-state index in [2.05, 4.69) is 19.2 Å². The van der Waals surface area contributed by atoms with Gasteiger partial charge in [0.2, 0.25) is 5.91 Å². The number of rotatable bonds is 80. The molecular formula is C87H171NO8. The SMILES string of the molecule is CCCCCCCCCCCCCCCCCCCCCCCCCCCCCCCCC/C=C/C(O)C(COC1OC(CO)C(O)C(O)C1O)NC(=O)CCCCCCCCCCCCCCCCCCCCCCCCCCCCCCCCCCCCCCCCCC. The van der Waals surface area contributed by atoms with Crippen LogP contribution >= 0.6 is 0 Å². The maximum absolute atomic E-state index is 13.2. The van der Waals surface area contributed by atoms with E-state index in [1.807, 2.05) is 6.08 Å². The number of amides is 1. The molecule has 0 aromatic rings. The first-order chi connectivity index (χ1) is 47.3. The predicted molar refractivity (Wildman–Crippen MR) is 415 cm³/mol. The highest BCUT2D eigenvalue weighted by Gasteiger charge is 2.44. The van der Waals surface area contributed by atoms with Gasteiger partial charge in [-0.05, 0) is 19.3 Å². The minimum atomic E-state index is -1.57. The maximum Gasteiger partial charge on any atom is 0.220 e. The van der Waals surface area contributed by atoms with E-state index >= 15 is 0 Å². The normalized spacial score (nSPS) is 17.3. The van der Waals surface area contributed by atoms with Crippen molar-refractivity contribution in [3.63, 3.8) is 0 Å². The molecule has 1 aliphatic rings. The van der Waals surface area contributed by atoms with Crippen LogP contribution in [0.3, 0.4) is 0 Å². The number of carbonyl (C=O) groups is 1. The lowest BCUT2D eigenvalue weighted by atomic mass is 9.99. The van der Waals surface area contributed by atoms with E-state index in [0.717, 1.165) is 38.5 Å². The molecule has 1 amide bonds. The highest BCUT2D eigenvalue weighted by Crippen LogP contribution is 2.25. The van der Waals surface area contributed by atoms with E-state index in [1.54, 1.807) is 6.08 Å². The first kappa shape index (κ1) is 92.9. The zero-order valence-corrected chi connectivity index (χ0v) is 64.7. The van der Waals surface area contributed by atoms with Crippen molar-refractivity contribution in [3.05, 3.63) is 12.2 Å². The Morgan fingerprint density at radius 1 is 0.344 bits per heavy atom. The Kier molecular flexibility index (Phi) is 74.1. The van der Waals surface area contributed by atoms with Gasteiger partial charge >= 0.3 is 0 Å². The van der Waals surface area contributed by atoms with Gasteiger partial charge in [-0.15, -0.1) is 0 Å². The largest absolute Gasteiger partial charge is 0.394 e. The van der Waals surface area contributed by atoms with E-state index in [-0.39, 0.29) is 12.5 Å². The number of allylic oxidation sites excluding steroid dienone is 1. The summed E-state index contributed by atoms with van der Waals surface area (Å²) in [6.45, 7) is 3.87. The third kappa shape index (κ3) is 63.8. The van der Waals surface area contributed by atoms with Crippen LogP contribution in [0.4, 0.5) is 0 Å². The summed E-state index contributed by atoms with van der Waals surface area (Å²) < 4.78 is 11.4. The number of aliphatic hydroxyl groups excluding tert-OH is 5. The van der Waals surface area contributed by atoms with Crippen LogP contribution < -0.4 is 5.32 Å². The molecule has 0 aliphatic carbocycles. The number of carbonyl (C=O) groups excluding carboxylic acids is 1. The number of hydrogen-bond donors (Lipinski definition) is 6. The summed E-state index contributed by atoms with van der Waals surface area (Å²) in [5, 5.41) is 55.0. The highest BCUT2D eigenvalue weighted by atomic mass is 16.7. The lowest BCUT2D eigenvalue weighted by molar-refractivity contribution is -0.302. The highest BCUT2D eigenvalue weighted by molar-refractivity contribution is 5.76. The first-order valence-electron chi connectivity index (χ1n) is 43.9. The van der Waals surface area contributed by atoms with Crippen molar-refractivity contribution in [1.82, 2.24) is 5.32 Å². The first-order valence-corrected chi connectivity index (χ1v) is 43.9. The fourth-order valence-electron chi connectivity index (χ4n) is 14.8. The van der Waals surface area contributed by atoms with Crippen molar-refractivity contribution < 1.29 is 39.8 Å². The van der Waals surface area contributed by atoms with Crippen LogP contribution in [0.5, 0.6) is 0 Å². The molecule has 0 bridgehead atoms. The van der Waals surface area contributed by atoms with Gasteiger partial charge < -0.3 is 40.3 Å². The molecule has 9 heteroatoms. The van der Waals surface area contributed by atoms with Gasteiger partial charge in [0.25, 0.3) is 0 Å². The molecular weight excluding hydrogens is 1190 g/mol. The molecule has 7 atom stereocenters. The van der Waals surface area contributed by atoms with E-state index in [0.29, 0.717) is 6.42 Å². The number of ether oxygens (including phenoxy) is 2. The summed E-state index contributed by atoms with van der Waals surface area (Å²) >= 11 is 0. The molecule has 9 nitrogen and oxygen atoms in total. The van der Waals surface area contributed by atoms with Crippen molar-refractivity contribution in [2.24, 2.45) is 0 Å². The smallest absolute Gasteiger partial charge is 0.220 e. The van der Waals surface area contributed by atoms with E-state index in [1.165, 1.54) is 424 Å². The lowest BCUT2D eigenvalue weighted by Gasteiger charge is -2.40. The molecule has 6 N–H and O–H groups in total. The van der Waals surface area contributed by atoms with Gasteiger partial charge in [0, 0.05) is 6.42 Å². The van der Waals surface area contributed by atoms with Crippen LogP contribution in [0.15, 0.2) is 12.2 Å². The third-order valence-electron chi connectivity index (χ3n) is 21.6. The van der Waals surface area contributed by atoms with E-state index in [9.17, 15) is 30.3 Å². The third-order valence-corrected chi connectivity index (χ3v) is 21.6. The number of hydrogen-bond acceptors (Lipinski definition) is 8. The molecule has 572 valence electrons. The second kappa shape index (κ2) is 76.6. The average Bonchev–Trinajstić information content (AvgIpc) is 0.887. The monoisotopic (exact) mass is 1360 g/mol. The van der Waals surface area contributed by atoms with Gasteiger partial charge in [0.1, 0.15) is 24.4 Å². The minimum absolute atomic E-state index is 0.164. The summed E-state index contributed by atoms with van der Waals surface area (Å²) in [5.74, 6) is -0.164. The van der Waals surface area contributed by atoms with E-state index in [4.69, 9.17) is 9.47 Å². The van der Waals surface area contributed by atoms with Gasteiger partial charge in [-0.1, -0.05) is 469 Å². The Morgan fingerprint density at radius 2 is 0.573 bits per heavy atom. The average molecular weight is 1360 g/mol. The molecule has 1 saturated heterocycles. The van der Waals surface area contributed by atoms with Crippen molar-refractivity contribution in [2.45, 2.75) is 525 Å². The Balaban J connectivity index is 2.01. The molecule has 1 fully saturated rings. The molecule has 0 aromatic carbocycles. The zero-order chi connectivity index (χ0) is 69.2. The molecule has 1 heterocycles. The zero-order valence-electron chi connectivity index (χ0n) is 64.7. The minimum Gasteiger partial charge on any atom is -0.394 e. The quantitative estimate of drug-likeness (QED) is 0.0261. The molecule has 0 aromatic heterocycles. The van der Waals surface area contributed by atoms with Gasteiger partial charge in [0.15, 0.2) is 6.29 Å². The summed E-state index contributed by atoms with van der Waals surface area (Å²) in [7, 11) is 0. The van der Waals surface area contributed by atoms with Crippen LogP contribution in [0.25, 0.3) is 0 Å². The van der Waals surface area contributed by atoms with Crippen LogP contribution in [-0.4, -0.2) is 87.5 Å². The van der Waals surface area contributed by atoms with Gasteiger partial charge in [-0.2, -0.15) is 0 Å². The maximum atomic E-state index is 13.2. The Bertz CT molecular complexity index is 1530. The molecule has 96 heavy (non-hydrogen) atoms. The van der Waals surface area contributed by atoms with Crippen molar-refractivity contribution in [1.29, 1.82) is 0 Å². The van der Waals surface area contributed by atoms with Crippen LogP contribution in [-0.2, 0) is 14.3 Å². The van der Waals surface area contributed by atoms with Crippen LogP contribution in [0.1, 0.15) is 483 Å². The second-order valence-electron chi connectivity index (χ2n) is 31.1. The van der Waals surface area contributed by atoms with Gasteiger partial charge in [-0.3, -0.25) is 4.79 Å². The summed E-state index contributed by atoms with van der Waals surface area (Å²) in [6.07, 6.45) is 95.5. The molecule has 7 unspecified atom stereocenters. The molecule has 0 spiro atoms. The predicted octanol–water partition coefficient (Wildman–Crippen LogP) is 25.7. The van der Waals surface area contributed by atoms with Crippen molar-refractivity contribution in [2.75, 3.05) is 13.2 Å². The Labute approximate surface area is 598 Å². The molecule has 1 rings (SSSR count). The Hall–Kier alpha value is -1.07. The standard InChI is InChI=1S/C87H171NO8/c1-3-5-7-9-11-13-15-17-19-21-23-25-27-29-31-33-35-37-38-39-40-41-42-43-45-47-49-51-53-55-57-59-61-63-65-67-69-71-73-75-77-83(91)88-80(79-95-87-86(94)85(93)84(92)82(78-89)96-87)81(90)76-74-72-70-68-66-64-62-60-58-56-54-52-50-48-46-44-36-34-32-30-28-26-24-22-20-18-16-14-12-10-8-6-4-2/h74,76,80-82,84-87,89-90,92-94H,3-73,75,77-79H2,1-2H3,(H,88,91)/b76-74+. The topological polar surface area (TPSA) is 149 Å². The summed E-state index contributed by atoms with van der Waals surface area (Å²) in [4.78, 5) is 13.2. The summed E-state index contributed by atoms with van der Waals surface area (Å²) in [5.41, 5.74) is 0. The van der Waals surface area contributed by atoms with Crippen molar-refractivity contribution >= 4 is 5.91 Å². The molecule has 0 radical (unpaired) electrons. The lowest BCUT2D eigenvalue weighted by Crippen LogP contribution is -2.60. The van der Waals surface area contributed by atoms with Crippen LogP contribution in [0.2, 0.25) is 0 Å². The fourth-order valence-corrected chi connectivity index (χ4v) is 14.8. The van der Waals surface area contributed by atoms with Crippen LogP contribution in [0, 0.1) is 0 Å². The fraction of sp³-hybridized carbons (Fsp3) is 0.966. The number of aliphatic hydroxyl groups is 5. The van der Waals surface area contributed by atoms with Crippen molar-refractivity contribution in [3.8, 4) is 0 Å². The second-order valence-corrected chi connectivity index (χ2v) is 31.1. The van der Waals surface area contributed by atoms with E-state index < -0.39 is 49.5 Å². The van der Waals surface area contributed by atoms with Gasteiger partial charge in [-0.25, -0.2) is 0 Å². The molecule has 1 aliphatic heterocycles. The number of unbranched alkanes of at least 4 members (excludes halogenated alkanes) is 70. The molecule has 0 saturated carbocycles. The Morgan fingerprint density at radius 3 is 0.812 bits per heavy atom. The number of nitrogens with one attached hydrogen (secondary N) is 1.